The maximum Gasteiger partial charge on any atom is 0.326 e. The van der Waals surface area contributed by atoms with E-state index in [9.17, 15) is 9.59 Å². The number of aromatic nitrogens is 1. The predicted molar refractivity (Wildman–Crippen MR) is 127 cm³/mol. The van der Waals surface area contributed by atoms with Crippen molar-refractivity contribution in [1.29, 1.82) is 0 Å². The second-order valence-electron chi connectivity index (χ2n) is 7.35. The van der Waals surface area contributed by atoms with Crippen LogP contribution >= 0.6 is 11.6 Å². The van der Waals surface area contributed by atoms with Gasteiger partial charge in [0.05, 0.1) is 27.6 Å². The molecule has 0 spiro atoms. The van der Waals surface area contributed by atoms with Crippen LogP contribution in [0.25, 0.3) is 10.9 Å². The molecule has 0 saturated heterocycles. The lowest BCUT2D eigenvalue weighted by atomic mass is 10.2. The van der Waals surface area contributed by atoms with Gasteiger partial charge in [0.2, 0.25) is 0 Å². The third kappa shape index (κ3) is 5.56. The monoisotopic (exact) mass is 452 g/mol. The summed E-state index contributed by atoms with van der Waals surface area (Å²) in [6, 6.07) is 16.8. The second-order valence-corrected chi connectivity index (χ2v) is 7.76. The Hall–Kier alpha value is -3.58. The van der Waals surface area contributed by atoms with Gasteiger partial charge in [-0.25, -0.2) is 0 Å². The highest BCUT2D eigenvalue weighted by Gasteiger charge is 2.16. The number of nitrogens with two attached hydrogens (primary N) is 1. The van der Waals surface area contributed by atoms with Crippen LogP contribution in [0.4, 0.5) is 5.69 Å². The number of para-hydroxylation sites is 2. The fourth-order valence-electron chi connectivity index (χ4n) is 3.34. The van der Waals surface area contributed by atoms with E-state index in [-0.39, 0.29) is 6.54 Å². The molecule has 8 heteroatoms. The Labute approximate surface area is 191 Å². The summed E-state index contributed by atoms with van der Waals surface area (Å²) in [7, 11) is 0. The highest BCUT2D eigenvalue weighted by atomic mass is 35.5. The SMILES string of the molecule is CC(=Nc1ccccc1)C(NC(=O)COC(=O)Cn1c(C)cc2cccc(Cl)c21)=C(C)N. The number of allylic oxidation sites excluding steroid dienone is 2. The Morgan fingerprint density at radius 2 is 1.84 bits per heavy atom. The zero-order valence-corrected chi connectivity index (χ0v) is 18.9. The van der Waals surface area contributed by atoms with E-state index in [1.165, 1.54) is 0 Å². The van der Waals surface area contributed by atoms with Crippen molar-refractivity contribution in [1.82, 2.24) is 9.88 Å². The number of carbonyl (C=O) groups is 2. The number of ether oxygens (including phenoxy) is 1. The van der Waals surface area contributed by atoms with E-state index in [1.807, 2.05) is 55.5 Å². The first-order valence-corrected chi connectivity index (χ1v) is 10.4. The minimum atomic E-state index is -0.551. The lowest BCUT2D eigenvalue weighted by Gasteiger charge is -2.13. The minimum absolute atomic E-state index is 0.0561. The fraction of sp³-hybridized carbons (Fsp3) is 0.208. The first-order valence-electron chi connectivity index (χ1n) is 10.0. The van der Waals surface area contributed by atoms with E-state index in [0.717, 1.165) is 22.3 Å². The van der Waals surface area contributed by atoms with Crippen molar-refractivity contribution in [3.05, 3.63) is 76.7 Å². The topological polar surface area (TPSA) is 98.7 Å². The van der Waals surface area contributed by atoms with Gasteiger partial charge in [0, 0.05) is 16.8 Å². The summed E-state index contributed by atoms with van der Waals surface area (Å²) in [6.07, 6.45) is 0. The van der Waals surface area contributed by atoms with Crippen LogP contribution in [0.1, 0.15) is 19.5 Å². The Morgan fingerprint density at radius 3 is 2.53 bits per heavy atom. The van der Waals surface area contributed by atoms with Crippen molar-refractivity contribution in [3.63, 3.8) is 0 Å². The Kier molecular flexibility index (Phi) is 7.33. The van der Waals surface area contributed by atoms with Crippen LogP contribution in [0.15, 0.2) is 71.0 Å². The zero-order chi connectivity index (χ0) is 23.3. The van der Waals surface area contributed by atoms with Gasteiger partial charge in [0.15, 0.2) is 6.61 Å². The maximum absolute atomic E-state index is 12.4. The first-order chi connectivity index (χ1) is 15.3. The van der Waals surface area contributed by atoms with Gasteiger partial charge in [0.1, 0.15) is 6.54 Å². The Morgan fingerprint density at radius 1 is 1.12 bits per heavy atom. The number of fused-ring (bicyclic) bond motifs is 1. The standard InChI is InChI=1S/C24H25ClN4O3/c1-15-12-18-8-7-11-20(25)24(18)29(15)13-22(31)32-14-21(30)28-23(16(2)26)17(3)27-19-9-5-4-6-10-19/h4-12H,13-14,26H2,1-3H3,(H,28,30). The van der Waals surface area contributed by atoms with Gasteiger partial charge < -0.3 is 20.4 Å². The summed E-state index contributed by atoms with van der Waals surface area (Å²) >= 11 is 6.30. The molecule has 0 saturated carbocycles. The highest BCUT2D eigenvalue weighted by molar-refractivity contribution is 6.35. The molecule has 32 heavy (non-hydrogen) atoms. The van der Waals surface area contributed by atoms with Crippen LogP contribution in [0, 0.1) is 6.92 Å². The third-order valence-electron chi connectivity index (χ3n) is 4.80. The minimum Gasteiger partial charge on any atom is -0.454 e. The molecule has 1 amide bonds. The molecular formula is C24H25ClN4O3. The average molecular weight is 453 g/mol. The Balaban J connectivity index is 1.63. The quantitative estimate of drug-likeness (QED) is 0.413. The van der Waals surface area contributed by atoms with E-state index < -0.39 is 18.5 Å². The molecule has 0 bridgehead atoms. The summed E-state index contributed by atoms with van der Waals surface area (Å²) in [5, 5.41) is 4.16. The van der Waals surface area contributed by atoms with Crippen LogP contribution in [-0.4, -0.2) is 28.8 Å². The van der Waals surface area contributed by atoms with Crippen LogP contribution in [0.3, 0.4) is 0 Å². The van der Waals surface area contributed by atoms with Crippen molar-refractivity contribution in [2.75, 3.05) is 6.61 Å². The van der Waals surface area contributed by atoms with E-state index in [2.05, 4.69) is 10.3 Å². The van der Waals surface area contributed by atoms with Gasteiger partial charge in [-0.3, -0.25) is 14.6 Å². The molecule has 7 nitrogen and oxygen atoms in total. The molecule has 0 aliphatic carbocycles. The lowest BCUT2D eigenvalue weighted by Crippen LogP contribution is -2.33. The number of hydrogen-bond acceptors (Lipinski definition) is 5. The van der Waals surface area contributed by atoms with E-state index in [4.69, 9.17) is 22.1 Å². The molecule has 2 aromatic carbocycles. The summed E-state index contributed by atoms with van der Waals surface area (Å²) in [6.45, 7) is 4.79. The highest BCUT2D eigenvalue weighted by Crippen LogP contribution is 2.26. The smallest absolute Gasteiger partial charge is 0.326 e. The van der Waals surface area contributed by atoms with Crippen molar-refractivity contribution in [3.8, 4) is 0 Å². The number of benzene rings is 2. The summed E-state index contributed by atoms with van der Waals surface area (Å²) in [5.41, 5.74) is 9.60. The van der Waals surface area contributed by atoms with E-state index >= 15 is 0 Å². The van der Waals surface area contributed by atoms with Crippen molar-refractivity contribution >= 4 is 45.8 Å². The number of esters is 1. The molecule has 0 aliphatic rings. The predicted octanol–water partition coefficient (Wildman–Crippen LogP) is 4.25. The second kappa shape index (κ2) is 10.2. The van der Waals surface area contributed by atoms with Gasteiger partial charge in [-0.2, -0.15) is 0 Å². The summed E-state index contributed by atoms with van der Waals surface area (Å²) < 4.78 is 6.95. The molecule has 0 radical (unpaired) electrons. The largest absolute Gasteiger partial charge is 0.454 e. The van der Waals surface area contributed by atoms with Crippen molar-refractivity contribution in [2.45, 2.75) is 27.3 Å². The van der Waals surface area contributed by atoms with Crippen molar-refractivity contribution in [2.24, 2.45) is 10.7 Å². The zero-order valence-electron chi connectivity index (χ0n) is 18.2. The number of nitrogens with one attached hydrogen (secondary N) is 1. The fourth-order valence-corrected chi connectivity index (χ4v) is 3.62. The molecule has 1 heterocycles. The van der Waals surface area contributed by atoms with Crippen LogP contribution in [0.2, 0.25) is 5.02 Å². The number of nitrogens with zero attached hydrogens (tertiary/aromatic N) is 2. The van der Waals surface area contributed by atoms with Crippen LogP contribution in [0.5, 0.6) is 0 Å². The number of amides is 1. The van der Waals surface area contributed by atoms with E-state index in [0.29, 0.717) is 22.1 Å². The number of rotatable bonds is 7. The van der Waals surface area contributed by atoms with Gasteiger partial charge in [-0.05, 0) is 45.0 Å². The number of hydrogen-bond donors (Lipinski definition) is 2. The molecule has 0 unspecified atom stereocenters. The Bertz CT molecular complexity index is 1210. The first kappa shape index (κ1) is 23.1. The molecule has 0 atom stereocenters. The van der Waals surface area contributed by atoms with Crippen LogP contribution in [-0.2, 0) is 20.9 Å². The van der Waals surface area contributed by atoms with E-state index in [1.54, 1.807) is 24.5 Å². The average Bonchev–Trinajstić information content (AvgIpc) is 3.07. The molecular weight excluding hydrogens is 428 g/mol. The number of halogens is 1. The summed E-state index contributed by atoms with van der Waals surface area (Å²) in [4.78, 5) is 29.3. The van der Waals surface area contributed by atoms with Gasteiger partial charge >= 0.3 is 5.97 Å². The van der Waals surface area contributed by atoms with Gasteiger partial charge in [-0.1, -0.05) is 41.9 Å². The van der Waals surface area contributed by atoms with Crippen molar-refractivity contribution < 1.29 is 14.3 Å². The normalized spacial score (nSPS) is 12.4. The lowest BCUT2D eigenvalue weighted by molar-refractivity contribution is -0.148. The molecule has 1 aromatic heterocycles. The van der Waals surface area contributed by atoms with Gasteiger partial charge in [0.25, 0.3) is 5.91 Å². The third-order valence-corrected chi connectivity index (χ3v) is 5.11. The number of aliphatic imine (C=N–C) groups is 1. The molecule has 166 valence electrons. The summed E-state index contributed by atoms with van der Waals surface area (Å²) in [5.74, 6) is -1.06. The van der Waals surface area contributed by atoms with Gasteiger partial charge in [-0.15, -0.1) is 0 Å². The molecule has 3 N–H and O–H groups in total. The molecule has 0 fully saturated rings. The number of carbonyl (C=O) groups excluding carboxylic acids is 2. The molecule has 3 rings (SSSR count). The maximum atomic E-state index is 12.4. The number of aryl methyl sites for hydroxylation is 1. The van der Waals surface area contributed by atoms with Crippen LogP contribution < -0.4 is 11.1 Å². The molecule has 3 aromatic rings. The molecule has 0 aliphatic heterocycles.